The minimum atomic E-state index is -0.585. The van der Waals surface area contributed by atoms with Crippen molar-refractivity contribution in [1.82, 2.24) is 9.97 Å². The molecular formula is C9H16N6O3. The summed E-state index contributed by atoms with van der Waals surface area (Å²) in [6.45, 7) is 3.00. The number of nitrogens with two attached hydrogens (primary N) is 1. The lowest BCUT2D eigenvalue weighted by molar-refractivity contribution is -0.383. The first-order valence-electron chi connectivity index (χ1n) is 5.29. The van der Waals surface area contributed by atoms with E-state index in [1.807, 2.05) is 6.92 Å². The van der Waals surface area contributed by atoms with Crippen molar-refractivity contribution in [3.63, 3.8) is 0 Å². The zero-order valence-corrected chi connectivity index (χ0v) is 10.2. The number of nitro groups is 1. The van der Waals surface area contributed by atoms with Gasteiger partial charge in [-0.25, -0.2) is 15.8 Å². The van der Waals surface area contributed by atoms with Gasteiger partial charge >= 0.3 is 5.69 Å². The molecule has 9 heteroatoms. The number of aromatic nitrogens is 2. The number of nitrogens with one attached hydrogen (secondary N) is 2. The molecule has 0 aliphatic carbocycles. The summed E-state index contributed by atoms with van der Waals surface area (Å²) in [5.74, 6) is 5.46. The Morgan fingerprint density at radius 2 is 2.22 bits per heavy atom. The average Bonchev–Trinajstić information content (AvgIpc) is 2.35. The maximum atomic E-state index is 10.9. The van der Waals surface area contributed by atoms with Crippen LogP contribution in [0.2, 0.25) is 0 Å². The molecule has 0 amide bonds. The van der Waals surface area contributed by atoms with Crippen LogP contribution >= 0.6 is 0 Å². The average molecular weight is 256 g/mol. The summed E-state index contributed by atoms with van der Waals surface area (Å²) < 4.78 is 4.98. The molecule has 0 aromatic carbocycles. The lowest BCUT2D eigenvalue weighted by Crippen LogP contribution is -2.18. The van der Waals surface area contributed by atoms with Crippen LogP contribution in [-0.4, -0.2) is 35.2 Å². The van der Waals surface area contributed by atoms with Crippen LogP contribution in [0.15, 0.2) is 6.33 Å². The van der Waals surface area contributed by atoms with Gasteiger partial charge in [0.25, 0.3) is 0 Å². The molecule has 1 aromatic rings. The van der Waals surface area contributed by atoms with Crippen molar-refractivity contribution in [3.05, 3.63) is 16.4 Å². The van der Waals surface area contributed by atoms with Gasteiger partial charge in [0.1, 0.15) is 6.33 Å². The van der Waals surface area contributed by atoms with Crippen LogP contribution in [-0.2, 0) is 4.74 Å². The summed E-state index contributed by atoms with van der Waals surface area (Å²) in [5.41, 5.74) is 1.90. The van der Waals surface area contributed by atoms with Gasteiger partial charge in [0.15, 0.2) is 0 Å². The van der Waals surface area contributed by atoms with E-state index in [0.717, 1.165) is 0 Å². The lowest BCUT2D eigenvalue weighted by atomic mass is 10.2. The van der Waals surface area contributed by atoms with Crippen LogP contribution in [0, 0.1) is 16.0 Å². The number of rotatable bonds is 7. The summed E-state index contributed by atoms with van der Waals surface area (Å²) in [7, 11) is 1.60. The van der Waals surface area contributed by atoms with E-state index < -0.39 is 4.92 Å². The highest BCUT2D eigenvalue weighted by Crippen LogP contribution is 2.27. The Morgan fingerprint density at radius 3 is 2.78 bits per heavy atom. The molecule has 0 bridgehead atoms. The molecule has 9 nitrogen and oxygen atoms in total. The highest BCUT2D eigenvalue weighted by Gasteiger charge is 2.22. The van der Waals surface area contributed by atoms with Crippen molar-refractivity contribution >= 4 is 17.3 Å². The molecule has 100 valence electrons. The minimum Gasteiger partial charge on any atom is -0.384 e. The number of anilines is 2. The molecule has 18 heavy (non-hydrogen) atoms. The fourth-order valence-electron chi connectivity index (χ4n) is 1.40. The molecule has 0 radical (unpaired) electrons. The summed E-state index contributed by atoms with van der Waals surface area (Å²) in [6, 6.07) is 0. The first-order valence-corrected chi connectivity index (χ1v) is 5.29. The number of nitrogen functional groups attached to an aromatic ring is 1. The molecule has 1 atom stereocenters. The van der Waals surface area contributed by atoms with Crippen molar-refractivity contribution in [2.75, 3.05) is 31.0 Å². The number of hydrazine groups is 1. The summed E-state index contributed by atoms with van der Waals surface area (Å²) in [6.07, 6.45) is 1.20. The quantitative estimate of drug-likeness (QED) is 0.362. The lowest BCUT2D eigenvalue weighted by Gasteiger charge is -2.12. The molecule has 1 rings (SSSR count). The number of ether oxygens (including phenoxy) is 1. The highest BCUT2D eigenvalue weighted by atomic mass is 16.6. The normalized spacial score (nSPS) is 11.9. The largest absolute Gasteiger partial charge is 0.384 e. The second-order valence-corrected chi connectivity index (χ2v) is 3.76. The molecule has 0 spiro atoms. The molecule has 0 saturated carbocycles. The monoisotopic (exact) mass is 256 g/mol. The maximum absolute atomic E-state index is 10.9. The van der Waals surface area contributed by atoms with Gasteiger partial charge in [-0.1, -0.05) is 6.92 Å². The second-order valence-electron chi connectivity index (χ2n) is 3.76. The van der Waals surface area contributed by atoms with E-state index in [1.54, 1.807) is 7.11 Å². The predicted octanol–water partition coefficient (Wildman–Crippen LogP) is 0.365. The van der Waals surface area contributed by atoms with Crippen LogP contribution in [0.1, 0.15) is 6.92 Å². The summed E-state index contributed by atoms with van der Waals surface area (Å²) in [5, 5.41) is 13.8. The van der Waals surface area contributed by atoms with Gasteiger partial charge in [-0.3, -0.25) is 10.1 Å². The van der Waals surface area contributed by atoms with Crippen LogP contribution in [0.25, 0.3) is 0 Å². The number of hydrogen-bond donors (Lipinski definition) is 3. The van der Waals surface area contributed by atoms with E-state index in [9.17, 15) is 10.1 Å². The van der Waals surface area contributed by atoms with Crippen molar-refractivity contribution in [2.24, 2.45) is 11.8 Å². The predicted molar refractivity (Wildman–Crippen MR) is 66.0 cm³/mol. The van der Waals surface area contributed by atoms with Gasteiger partial charge in [-0.05, 0) is 5.92 Å². The van der Waals surface area contributed by atoms with Gasteiger partial charge in [0.05, 0.1) is 11.5 Å². The Labute approximate surface area is 104 Å². The Balaban J connectivity index is 2.85. The van der Waals surface area contributed by atoms with Crippen LogP contribution in [0.5, 0.6) is 0 Å². The van der Waals surface area contributed by atoms with Crippen molar-refractivity contribution in [2.45, 2.75) is 6.92 Å². The van der Waals surface area contributed by atoms with E-state index in [0.29, 0.717) is 13.2 Å². The fraction of sp³-hybridized carbons (Fsp3) is 0.556. The number of methoxy groups -OCH3 is 1. The van der Waals surface area contributed by atoms with Crippen LogP contribution in [0.4, 0.5) is 17.3 Å². The molecule has 0 aliphatic rings. The first kappa shape index (κ1) is 14.1. The summed E-state index contributed by atoms with van der Waals surface area (Å²) >= 11 is 0. The van der Waals surface area contributed by atoms with E-state index in [-0.39, 0.29) is 23.2 Å². The molecule has 1 aromatic heterocycles. The molecule has 0 fully saturated rings. The standard InChI is InChI=1S/C9H16N6O3/c1-6(4-18-2)3-11-8-7(15(16)17)9(14-10)13-5-12-8/h5-6H,3-4,10H2,1-2H3,(H2,11,12,13,14). The third kappa shape index (κ3) is 3.50. The van der Waals surface area contributed by atoms with E-state index in [1.165, 1.54) is 6.33 Å². The molecule has 0 aliphatic heterocycles. The Morgan fingerprint density at radius 1 is 1.56 bits per heavy atom. The van der Waals surface area contributed by atoms with Gasteiger partial charge in [-0.15, -0.1) is 0 Å². The SMILES string of the molecule is COCC(C)CNc1ncnc(NN)c1[N+](=O)[O-]. The molecule has 1 unspecified atom stereocenters. The van der Waals surface area contributed by atoms with Crippen LogP contribution < -0.4 is 16.6 Å². The van der Waals surface area contributed by atoms with Gasteiger partial charge < -0.3 is 15.5 Å². The summed E-state index contributed by atoms with van der Waals surface area (Å²) in [4.78, 5) is 17.9. The first-order chi connectivity index (χ1) is 8.60. The van der Waals surface area contributed by atoms with Crippen molar-refractivity contribution < 1.29 is 9.66 Å². The molecule has 0 saturated heterocycles. The third-order valence-corrected chi connectivity index (χ3v) is 2.21. The highest BCUT2D eigenvalue weighted by molar-refractivity contribution is 5.68. The number of nitrogens with zero attached hydrogens (tertiary/aromatic N) is 3. The molecular weight excluding hydrogens is 240 g/mol. The van der Waals surface area contributed by atoms with Gasteiger partial charge in [-0.2, -0.15) is 0 Å². The zero-order chi connectivity index (χ0) is 13.5. The topological polar surface area (TPSA) is 128 Å². The number of hydrogen-bond acceptors (Lipinski definition) is 8. The van der Waals surface area contributed by atoms with E-state index >= 15 is 0 Å². The second kappa shape index (κ2) is 6.67. The molecule has 4 N–H and O–H groups in total. The fourth-order valence-corrected chi connectivity index (χ4v) is 1.40. The zero-order valence-electron chi connectivity index (χ0n) is 10.2. The van der Waals surface area contributed by atoms with Crippen LogP contribution in [0.3, 0.4) is 0 Å². The smallest absolute Gasteiger partial charge is 0.354 e. The third-order valence-electron chi connectivity index (χ3n) is 2.21. The van der Waals surface area contributed by atoms with Gasteiger partial charge in [0, 0.05) is 13.7 Å². The van der Waals surface area contributed by atoms with E-state index in [4.69, 9.17) is 10.6 Å². The Bertz CT molecular complexity index is 413. The Kier molecular flexibility index (Phi) is 5.21. The maximum Gasteiger partial charge on any atom is 0.354 e. The van der Waals surface area contributed by atoms with E-state index in [2.05, 4.69) is 20.7 Å². The van der Waals surface area contributed by atoms with Crippen molar-refractivity contribution in [3.8, 4) is 0 Å². The van der Waals surface area contributed by atoms with Crippen molar-refractivity contribution in [1.29, 1.82) is 0 Å². The van der Waals surface area contributed by atoms with Gasteiger partial charge in [0.2, 0.25) is 11.6 Å². The minimum absolute atomic E-state index is 0.0307. The molecule has 1 heterocycles. The Hall–Kier alpha value is -2.00.